The highest BCUT2D eigenvalue weighted by Crippen LogP contribution is 2.17. The van der Waals surface area contributed by atoms with E-state index in [1.165, 1.54) is 6.33 Å². The Morgan fingerprint density at radius 3 is 3.00 bits per heavy atom. The first-order chi connectivity index (χ1) is 6.24. The van der Waals surface area contributed by atoms with Crippen LogP contribution in [0.15, 0.2) is 12.5 Å². The van der Waals surface area contributed by atoms with Crippen LogP contribution in [0.1, 0.15) is 26.7 Å². The van der Waals surface area contributed by atoms with Crippen LogP contribution in [-0.2, 0) is 0 Å². The van der Waals surface area contributed by atoms with Gasteiger partial charge in [-0.05, 0) is 35.9 Å². The summed E-state index contributed by atoms with van der Waals surface area (Å²) in [6.45, 7) is 4.20. The van der Waals surface area contributed by atoms with Gasteiger partial charge < -0.3 is 4.74 Å². The average molecular weight is 292 g/mol. The number of ether oxygens (including phenoxy) is 1. The molecule has 1 unspecified atom stereocenters. The van der Waals surface area contributed by atoms with Gasteiger partial charge in [-0.2, -0.15) is 0 Å². The number of hydrogen-bond acceptors (Lipinski definition) is 3. The third kappa shape index (κ3) is 3.46. The minimum absolute atomic E-state index is 0.230. The number of hydrogen-bond donors (Lipinski definition) is 0. The van der Waals surface area contributed by atoms with Crippen molar-refractivity contribution in [2.24, 2.45) is 0 Å². The SMILES string of the molecule is CCCC(C)Oc1ncncc1I. The van der Waals surface area contributed by atoms with E-state index in [0.717, 1.165) is 16.4 Å². The van der Waals surface area contributed by atoms with Gasteiger partial charge in [-0.3, -0.25) is 0 Å². The molecular formula is C9H13IN2O. The first kappa shape index (κ1) is 10.7. The molecule has 0 bridgehead atoms. The first-order valence-electron chi connectivity index (χ1n) is 4.36. The summed E-state index contributed by atoms with van der Waals surface area (Å²) in [5.74, 6) is 0.691. The highest BCUT2D eigenvalue weighted by atomic mass is 127. The van der Waals surface area contributed by atoms with E-state index in [1.54, 1.807) is 6.20 Å². The topological polar surface area (TPSA) is 35.0 Å². The number of rotatable bonds is 4. The maximum Gasteiger partial charge on any atom is 0.230 e. The summed E-state index contributed by atoms with van der Waals surface area (Å²) in [6.07, 6.45) is 5.68. The van der Waals surface area contributed by atoms with Crippen molar-refractivity contribution in [3.63, 3.8) is 0 Å². The summed E-state index contributed by atoms with van der Waals surface area (Å²) in [7, 11) is 0. The lowest BCUT2D eigenvalue weighted by atomic mass is 10.2. The van der Waals surface area contributed by atoms with Crippen LogP contribution >= 0.6 is 22.6 Å². The zero-order valence-electron chi connectivity index (χ0n) is 7.83. The molecule has 0 aromatic carbocycles. The normalized spacial score (nSPS) is 12.5. The maximum atomic E-state index is 5.63. The largest absolute Gasteiger partial charge is 0.474 e. The molecule has 3 nitrogen and oxygen atoms in total. The Balaban J connectivity index is 2.58. The summed E-state index contributed by atoms with van der Waals surface area (Å²) < 4.78 is 6.59. The Kier molecular flexibility index (Phi) is 4.41. The Morgan fingerprint density at radius 1 is 1.62 bits per heavy atom. The summed E-state index contributed by atoms with van der Waals surface area (Å²) >= 11 is 2.17. The molecule has 1 atom stereocenters. The predicted molar refractivity (Wildman–Crippen MR) is 59.7 cm³/mol. The van der Waals surface area contributed by atoms with Crippen LogP contribution in [0.25, 0.3) is 0 Å². The number of halogens is 1. The molecule has 0 aliphatic heterocycles. The Morgan fingerprint density at radius 2 is 2.38 bits per heavy atom. The van der Waals surface area contributed by atoms with E-state index < -0.39 is 0 Å². The van der Waals surface area contributed by atoms with Crippen LogP contribution in [0.4, 0.5) is 0 Å². The average Bonchev–Trinajstić information content (AvgIpc) is 2.09. The molecular weight excluding hydrogens is 279 g/mol. The van der Waals surface area contributed by atoms with Gasteiger partial charge in [-0.15, -0.1) is 0 Å². The molecule has 0 N–H and O–H groups in total. The van der Waals surface area contributed by atoms with Crippen molar-refractivity contribution in [1.29, 1.82) is 0 Å². The minimum atomic E-state index is 0.230. The lowest BCUT2D eigenvalue weighted by Crippen LogP contribution is -2.12. The van der Waals surface area contributed by atoms with Crippen LogP contribution in [0.2, 0.25) is 0 Å². The third-order valence-electron chi connectivity index (χ3n) is 1.64. The zero-order chi connectivity index (χ0) is 9.68. The standard InChI is InChI=1S/C9H13IN2O/c1-3-4-7(2)13-9-8(10)5-11-6-12-9/h5-7H,3-4H2,1-2H3. The smallest absolute Gasteiger partial charge is 0.230 e. The van der Waals surface area contributed by atoms with E-state index in [1.807, 2.05) is 0 Å². The van der Waals surface area contributed by atoms with Crippen molar-refractivity contribution in [1.82, 2.24) is 9.97 Å². The molecule has 1 rings (SSSR count). The molecule has 0 aliphatic rings. The van der Waals surface area contributed by atoms with Crippen molar-refractivity contribution in [3.8, 4) is 5.88 Å². The van der Waals surface area contributed by atoms with Crippen molar-refractivity contribution < 1.29 is 4.74 Å². The molecule has 72 valence electrons. The second-order valence-electron chi connectivity index (χ2n) is 2.89. The molecule has 0 spiro atoms. The summed E-state index contributed by atoms with van der Waals surface area (Å²) in [6, 6.07) is 0. The molecule has 13 heavy (non-hydrogen) atoms. The molecule has 1 heterocycles. The van der Waals surface area contributed by atoms with Crippen LogP contribution < -0.4 is 4.74 Å². The van der Waals surface area contributed by atoms with Gasteiger partial charge in [0, 0.05) is 6.20 Å². The second-order valence-corrected chi connectivity index (χ2v) is 4.06. The molecule has 1 aromatic rings. The molecule has 0 aliphatic carbocycles. The lowest BCUT2D eigenvalue weighted by Gasteiger charge is -2.12. The van der Waals surface area contributed by atoms with Gasteiger partial charge in [0.05, 0.1) is 9.67 Å². The fourth-order valence-electron chi connectivity index (χ4n) is 1.04. The van der Waals surface area contributed by atoms with E-state index in [0.29, 0.717) is 5.88 Å². The molecule has 1 aromatic heterocycles. The predicted octanol–water partition coefficient (Wildman–Crippen LogP) is 2.65. The highest BCUT2D eigenvalue weighted by molar-refractivity contribution is 14.1. The molecule has 0 saturated heterocycles. The summed E-state index contributed by atoms with van der Waals surface area (Å²) in [5, 5.41) is 0. The van der Waals surface area contributed by atoms with Gasteiger partial charge in [0.15, 0.2) is 0 Å². The Bertz CT molecular complexity index is 268. The molecule has 0 fully saturated rings. The van der Waals surface area contributed by atoms with Crippen LogP contribution in [0, 0.1) is 3.57 Å². The Hall–Kier alpha value is -0.390. The van der Waals surface area contributed by atoms with Crippen molar-refractivity contribution in [3.05, 3.63) is 16.1 Å². The Labute approximate surface area is 92.1 Å². The van der Waals surface area contributed by atoms with E-state index in [4.69, 9.17) is 4.74 Å². The van der Waals surface area contributed by atoms with Gasteiger partial charge in [0.2, 0.25) is 5.88 Å². The highest BCUT2D eigenvalue weighted by Gasteiger charge is 2.06. The second kappa shape index (κ2) is 5.36. The zero-order valence-corrected chi connectivity index (χ0v) is 9.98. The number of aromatic nitrogens is 2. The van der Waals surface area contributed by atoms with Gasteiger partial charge >= 0.3 is 0 Å². The lowest BCUT2D eigenvalue weighted by molar-refractivity contribution is 0.199. The third-order valence-corrected chi connectivity index (χ3v) is 2.38. The summed E-state index contributed by atoms with van der Waals surface area (Å²) in [5.41, 5.74) is 0. The maximum absolute atomic E-state index is 5.63. The van der Waals surface area contributed by atoms with E-state index >= 15 is 0 Å². The first-order valence-corrected chi connectivity index (χ1v) is 5.44. The molecule has 0 amide bonds. The van der Waals surface area contributed by atoms with Gasteiger partial charge in [0.25, 0.3) is 0 Å². The van der Waals surface area contributed by atoms with Gasteiger partial charge in [0.1, 0.15) is 6.33 Å². The fourth-order valence-corrected chi connectivity index (χ4v) is 1.47. The number of nitrogens with zero attached hydrogens (tertiary/aromatic N) is 2. The van der Waals surface area contributed by atoms with Crippen molar-refractivity contribution in [2.45, 2.75) is 32.8 Å². The molecule has 0 saturated carbocycles. The van der Waals surface area contributed by atoms with Crippen LogP contribution in [0.3, 0.4) is 0 Å². The van der Waals surface area contributed by atoms with E-state index in [-0.39, 0.29) is 6.10 Å². The van der Waals surface area contributed by atoms with Crippen molar-refractivity contribution >= 4 is 22.6 Å². The minimum Gasteiger partial charge on any atom is -0.474 e. The van der Waals surface area contributed by atoms with Gasteiger partial charge in [-0.25, -0.2) is 9.97 Å². The molecule has 0 radical (unpaired) electrons. The van der Waals surface area contributed by atoms with Gasteiger partial charge in [-0.1, -0.05) is 13.3 Å². The monoisotopic (exact) mass is 292 g/mol. The van der Waals surface area contributed by atoms with Crippen LogP contribution in [-0.4, -0.2) is 16.1 Å². The van der Waals surface area contributed by atoms with Crippen LogP contribution in [0.5, 0.6) is 5.88 Å². The molecule has 4 heteroatoms. The van der Waals surface area contributed by atoms with E-state index in [9.17, 15) is 0 Å². The quantitative estimate of drug-likeness (QED) is 0.800. The van der Waals surface area contributed by atoms with E-state index in [2.05, 4.69) is 46.4 Å². The summed E-state index contributed by atoms with van der Waals surface area (Å²) in [4.78, 5) is 7.96. The fraction of sp³-hybridized carbons (Fsp3) is 0.556. The van der Waals surface area contributed by atoms with Crippen molar-refractivity contribution in [2.75, 3.05) is 0 Å².